The normalized spacial score (nSPS) is 21.2. The molecule has 2 aromatic carbocycles. The van der Waals surface area contributed by atoms with Crippen molar-refractivity contribution in [2.24, 2.45) is 0 Å². The highest BCUT2D eigenvalue weighted by Gasteiger charge is 2.58. The number of carbonyl (C=O) groups is 1. The molecule has 2 unspecified atom stereocenters. The summed E-state index contributed by atoms with van der Waals surface area (Å²) in [5.74, 6) is -1.22. The Balaban J connectivity index is 1.47. The highest BCUT2D eigenvalue weighted by Crippen LogP contribution is 2.48. The van der Waals surface area contributed by atoms with Gasteiger partial charge in [-0.2, -0.15) is 0 Å². The number of pyridine rings is 1. The summed E-state index contributed by atoms with van der Waals surface area (Å²) >= 11 is 0. The number of nitrogen functional groups attached to an aromatic ring is 1. The molecule has 152 valence electrons. The van der Waals surface area contributed by atoms with Gasteiger partial charge in [-0.1, -0.05) is 12.1 Å². The van der Waals surface area contributed by atoms with E-state index < -0.39 is 29.2 Å². The van der Waals surface area contributed by atoms with Crippen LogP contribution >= 0.6 is 0 Å². The molecule has 0 spiro atoms. The molecule has 2 heterocycles. The topological polar surface area (TPSA) is 97.5 Å². The van der Waals surface area contributed by atoms with Crippen LogP contribution in [-0.2, 0) is 12.1 Å². The van der Waals surface area contributed by atoms with Crippen molar-refractivity contribution in [2.45, 2.75) is 24.7 Å². The van der Waals surface area contributed by atoms with Crippen molar-refractivity contribution in [1.82, 2.24) is 10.3 Å². The molecular weight excluding hydrogens is 392 g/mol. The number of amides is 1. The Kier molecular flexibility index (Phi) is 4.01. The summed E-state index contributed by atoms with van der Waals surface area (Å²) in [5.41, 5.74) is 6.66. The highest BCUT2D eigenvalue weighted by atomic mass is 19.1. The van der Waals surface area contributed by atoms with Gasteiger partial charge in [0.25, 0.3) is 5.91 Å². The number of halogens is 2. The molecule has 1 amide bonds. The zero-order valence-corrected chi connectivity index (χ0v) is 15.7. The Morgan fingerprint density at radius 3 is 2.63 bits per heavy atom. The van der Waals surface area contributed by atoms with Crippen LogP contribution in [0.15, 0.2) is 48.7 Å². The molecule has 1 aliphatic carbocycles. The van der Waals surface area contributed by atoms with Crippen LogP contribution in [0.2, 0.25) is 0 Å². The van der Waals surface area contributed by atoms with Crippen LogP contribution in [-0.4, -0.2) is 22.1 Å². The lowest BCUT2D eigenvalue weighted by Crippen LogP contribution is -2.39. The molecule has 1 aromatic heterocycles. The van der Waals surface area contributed by atoms with Crippen molar-refractivity contribution >= 4 is 11.7 Å². The Morgan fingerprint density at radius 1 is 1.20 bits per heavy atom. The fraction of sp³-hybridized carbons (Fsp3) is 0.182. The van der Waals surface area contributed by atoms with Crippen molar-refractivity contribution in [1.29, 1.82) is 0 Å². The molecule has 5 rings (SSSR count). The number of nitrogens with two attached hydrogens (primary N) is 1. The first-order valence-electron chi connectivity index (χ1n) is 9.36. The van der Waals surface area contributed by atoms with Crippen LogP contribution in [0.5, 0.6) is 5.75 Å². The fourth-order valence-corrected chi connectivity index (χ4v) is 3.97. The minimum atomic E-state index is -1.48. The van der Waals surface area contributed by atoms with Gasteiger partial charge in [0.2, 0.25) is 0 Å². The molecule has 1 saturated carbocycles. The van der Waals surface area contributed by atoms with Crippen LogP contribution in [0.3, 0.4) is 0 Å². The van der Waals surface area contributed by atoms with Crippen molar-refractivity contribution in [2.75, 3.05) is 5.73 Å². The van der Waals surface area contributed by atoms with Crippen LogP contribution < -0.4 is 15.8 Å². The minimum Gasteiger partial charge on any atom is -0.487 e. The van der Waals surface area contributed by atoms with Gasteiger partial charge < -0.3 is 20.9 Å². The van der Waals surface area contributed by atoms with Crippen molar-refractivity contribution < 1.29 is 23.4 Å². The number of carbonyl (C=O) groups excluding carboxylic acids is 1. The maximum absolute atomic E-state index is 14.3. The number of hydrogen-bond donors (Lipinski definition) is 3. The number of fused-ring (bicyclic) bond motifs is 3. The molecule has 30 heavy (non-hydrogen) atoms. The number of nitrogens with zero attached hydrogens (tertiary/aromatic N) is 1. The number of aromatic nitrogens is 1. The molecule has 3 aromatic rings. The van der Waals surface area contributed by atoms with Crippen LogP contribution in [0.4, 0.5) is 14.6 Å². The smallest absolute Gasteiger partial charge is 0.252 e. The predicted molar refractivity (Wildman–Crippen MR) is 105 cm³/mol. The Morgan fingerprint density at radius 2 is 1.93 bits per heavy atom. The molecule has 8 heteroatoms. The largest absolute Gasteiger partial charge is 0.487 e. The van der Waals surface area contributed by atoms with Crippen molar-refractivity contribution in [3.8, 4) is 16.9 Å². The third-order valence-electron chi connectivity index (χ3n) is 5.60. The number of hydrogen-bond acceptors (Lipinski definition) is 5. The second-order valence-corrected chi connectivity index (χ2v) is 7.51. The van der Waals surface area contributed by atoms with E-state index in [4.69, 9.17) is 10.5 Å². The summed E-state index contributed by atoms with van der Waals surface area (Å²) in [6, 6.07) is 10.2. The standard InChI is InChI=1S/C22H17F2N3O3/c23-15-2-1-3-16(24)20(15)22(8-18(22)28)27-21(29)11-4-5-13-12(6-11)10-30-17-9-26-19(25)7-14(13)17/h1-7,9,18,28H,8,10H2,(H2,25,26)(H,27,29). The number of rotatable bonds is 3. The zero-order valence-electron chi connectivity index (χ0n) is 15.7. The van der Waals surface area contributed by atoms with Crippen LogP contribution in [0.1, 0.15) is 27.9 Å². The first kappa shape index (κ1) is 18.5. The van der Waals surface area contributed by atoms with E-state index >= 15 is 0 Å². The quantitative estimate of drug-likeness (QED) is 0.618. The van der Waals surface area contributed by atoms with Gasteiger partial charge >= 0.3 is 0 Å². The molecule has 4 N–H and O–H groups in total. The van der Waals surface area contributed by atoms with Crippen LogP contribution in [0.25, 0.3) is 11.1 Å². The van der Waals surface area contributed by atoms with Gasteiger partial charge in [-0.3, -0.25) is 4.79 Å². The molecule has 2 aliphatic rings. The third-order valence-corrected chi connectivity index (χ3v) is 5.60. The van der Waals surface area contributed by atoms with E-state index in [0.29, 0.717) is 11.6 Å². The van der Waals surface area contributed by atoms with E-state index in [1.165, 1.54) is 6.07 Å². The summed E-state index contributed by atoms with van der Waals surface area (Å²) in [4.78, 5) is 16.9. The first-order chi connectivity index (χ1) is 14.4. The monoisotopic (exact) mass is 409 g/mol. The number of nitrogens with one attached hydrogen (secondary N) is 1. The number of aliphatic hydroxyl groups is 1. The number of aliphatic hydroxyl groups excluding tert-OH is 1. The molecule has 1 fully saturated rings. The van der Waals surface area contributed by atoms with Gasteiger partial charge in [-0.25, -0.2) is 13.8 Å². The molecule has 0 radical (unpaired) electrons. The molecular formula is C22H17F2N3O3. The lowest BCUT2D eigenvalue weighted by atomic mass is 9.95. The van der Waals surface area contributed by atoms with E-state index in [-0.39, 0.29) is 24.2 Å². The van der Waals surface area contributed by atoms with E-state index in [1.54, 1.807) is 30.5 Å². The summed E-state index contributed by atoms with van der Waals surface area (Å²) in [6.07, 6.45) is 0.510. The lowest BCUT2D eigenvalue weighted by Gasteiger charge is -2.23. The first-order valence-corrected chi connectivity index (χ1v) is 9.36. The summed E-state index contributed by atoms with van der Waals surface area (Å²) in [6.45, 7) is 0.241. The fourth-order valence-electron chi connectivity index (χ4n) is 3.97. The molecule has 6 nitrogen and oxygen atoms in total. The maximum Gasteiger partial charge on any atom is 0.252 e. The zero-order chi connectivity index (χ0) is 21.0. The van der Waals surface area contributed by atoms with Crippen molar-refractivity contribution in [3.05, 3.63) is 77.0 Å². The molecule has 1 aliphatic heterocycles. The average Bonchev–Trinajstić information content (AvgIpc) is 3.36. The number of benzene rings is 2. The molecule has 2 atom stereocenters. The second-order valence-electron chi connectivity index (χ2n) is 7.51. The van der Waals surface area contributed by atoms with Gasteiger partial charge in [0.15, 0.2) is 0 Å². The van der Waals surface area contributed by atoms with Gasteiger partial charge in [0.1, 0.15) is 29.8 Å². The Hall–Kier alpha value is -3.52. The predicted octanol–water partition coefficient (Wildman–Crippen LogP) is 2.89. The van der Waals surface area contributed by atoms with E-state index in [0.717, 1.165) is 28.8 Å². The third kappa shape index (κ3) is 2.80. The Labute approximate surface area is 170 Å². The molecule has 0 saturated heterocycles. The highest BCUT2D eigenvalue weighted by molar-refractivity contribution is 5.96. The summed E-state index contributed by atoms with van der Waals surface area (Å²) in [7, 11) is 0. The minimum absolute atomic E-state index is 0.0320. The maximum atomic E-state index is 14.3. The summed E-state index contributed by atoms with van der Waals surface area (Å²) < 4.78 is 34.2. The number of anilines is 1. The summed E-state index contributed by atoms with van der Waals surface area (Å²) in [5, 5.41) is 12.7. The lowest BCUT2D eigenvalue weighted by molar-refractivity contribution is 0.0909. The van der Waals surface area contributed by atoms with Gasteiger partial charge in [-0.15, -0.1) is 0 Å². The van der Waals surface area contributed by atoms with Crippen LogP contribution in [0, 0.1) is 11.6 Å². The van der Waals surface area contributed by atoms with Gasteiger partial charge in [-0.05, 0) is 41.5 Å². The van der Waals surface area contributed by atoms with E-state index in [1.807, 2.05) is 0 Å². The Bertz CT molecular complexity index is 1180. The van der Waals surface area contributed by atoms with Gasteiger partial charge in [0, 0.05) is 17.5 Å². The number of ether oxygens (including phenoxy) is 1. The average molecular weight is 409 g/mol. The van der Waals surface area contributed by atoms with E-state index in [2.05, 4.69) is 10.3 Å². The van der Waals surface area contributed by atoms with Crippen molar-refractivity contribution in [3.63, 3.8) is 0 Å². The molecule has 0 bridgehead atoms. The van der Waals surface area contributed by atoms with E-state index in [9.17, 15) is 18.7 Å². The SMILES string of the molecule is Nc1cc2c(cn1)OCc1cc(C(=O)NC3(c4c(F)cccc4F)CC3O)ccc1-2. The second kappa shape index (κ2) is 6.50. The van der Waals surface area contributed by atoms with Gasteiger partial charge in [0.05, 0.1) is 23.4 Å².